The van der Waals surface area contributed by atoms with Gasteiger partial charge in [-0.25, -0.2) is 0 Å². The topological polar surface area (TPSA) is 32.3 Å². The lowest BCUT2D eigenvalue weighted by Gasteiger charge is -2.36. The van der Waals surface area contributed by atoms with Crippen LogP contribution in [0.2, 0.25) is 0 Å². The van der Waals surface area contributed by atoms with E-state index in [1.165, 1.54) is 16.3 Å². The molecule has 1 unspecified atom stereocenters. The Balaban J connectivity index is 1.99. The predicted molar refractivity (Wildman–Crippen MR) is 85.1 cm³/mol. The summed E-state index contributed by atoms with van der Waals surface area (Å²) in [5, 5.41) is 17.1. The summed E-state index contributed by atoms with van der Waals surface area (Å²) in [6.07, 6.45) is 0. The number of fused-ring (bicyclic) bond motifs is 3. The molecule has 104 valence electrons. The van der Waals surface area contributed by atoms with Crippen LogP contribution >= 0.6 is 0 Å². The maximum atomic E-state index is 11.3. The first-order valence-electron chi connectivity index (χ1n) is 7.29. The van der Waals surface area contributed by atoms with Crippen LogP contribution < -0.4 is 5.32 Å². The van der Waals surface area contributed by atoms with Crippen molar-refractivity contribution >= 4 is 10.8 Å². The highest BCUT2D eigenvalue weighted by Crippen LogP contribution is 2.37. The highest BCUT2D eigenvalue weighted by molar-refractivity contribution is 5.87. The molecule has 2 nitrogen and oxygen atoms in total. The molecule has 2 heteroatoms. The summed E-state index contributed by atoms with van der Waals surface area (Å²) >= 11 is 0. The van der Waals surface area contributed by atoms with Gasteiger partial charge in [-0.05, 0) is 27.5 Å². The van der Waals surface area contributed by atoms with Gasteiger partial charge in [0.25, 0.3) is 0 Å². The summed E-state index contributed by atoms with van der Waals surface area (Å²) in [5.41, 5.74) is 2.20. The Hall–Kier alpha value is -2.16. The number of nitrogens with one attached hydrogen (secondary N) is 1. The molecule has 0 radical (unpaired) electrons. The van der Waals surface area contributed by atoms with E-state index in [0.717, 1.165) is 17.7 Å². The van der Waals surface area contributed by atoms with Crippen molar-refractivity contribution in [2.45, 2.75) is 12.1 Å². The molecular formula is C19H17NO. The minimum Gasteiger partial charge on any atom is -0.379 e. The molecule has 0 saturated carbocycles. The Morgan fingerprint density at radius 1 is 0.857 bits per heavy atom. The van der Waals surface area contributed by atoms with Crippen molar-refractivity contribution in [2.24, 2.45) is 0 Å². The first-order chi connectivity index (χ1) is 10.3. The molecule has 4 rings (SSSR count). The van der Waals surface area contributed by atoms with Gasteiger partial charge in [-0.3, -0.25) is 0 Å². The SMILES string of the molecule is OC1(c2ccccc2)CNCc2c1ccc1ccccc21. The van der Waals surface area contributed by atoms with Crippen LogP contribution in [-0.2, 0) is 12.1 Å². The molecule has 3 aromatic rings. The van der Waals surface area contributed by atoms with Crippen molar-refractivity contribution in [2.75, 3.05) is 6.54 Å². The van der Waals surface area contributed by atoms with Crippen molar-refractivity contribution in [3.63, 3.8) is 0 Å². The molecule has 21 heavy (non-hydrogen) atoms. The smallest absolute Gasteiger partial charge is 0.127 e. The van der Waals surface area contributed by atoms with Gasteiger partial charge in [-0.1, -0.05) is 66.7 Å². The summed E-state index contributed by atoms with van der Waals surface area (Å²) in [5.74, 6) is 0. The molecule has 0 aliphatic carbocycles. The highest BCUT2D eigenvalue weighted by Gasteiger charge is 2.36. The van der Waals surface area contributed by atoms with Crippen molar-refractivity contribution in [1.82, 2.24) is 5.32 Å². The first-order valence-corrected chi connectivity index (χ1v) is 7.29. The van der Waals surface area contributed by atoms with Crippen LogP contribution in [0.3, 0.4) is 0 Å². The van der Waals surface area contributed by atoms with Gasteiger partial charge in [0.15, 0.2) is 0 Å². The number of hydrogen-bond donors (Lipinski definition) is 2. The Kier molecular flexibility index (Phi) is 2.81. The molecule has 1 atom stereocenters. The lowest BCUT2D eigenvalue weighted by atomic mass is 9.79. The molecule has 1 aliphatic heterocycles. The van der Waals surface area contributed by atoms with Gasteiger partial charge >= 0.3 is 0 Å². The Bertz CT molecular complexity index is 797. The van der Waals surface area contributed by atoms with E-state index in [0.29, 0.717) is 6.54 Å². The Morgan fingerprint density at radius 2 is 1.62 bits per heavy atom. The van der Waals surface area contributed by atoms with Crippen LogP contribution in [0.5, 0.6) is 0 Å². The summed E-state index contributed by atoms with van der Waals surface area (Å²) in [6, 6.07) is 22.4. The third-order valence-electron chi connectivity index (χ3n) is 4.42. The van der Waals surface area contributed by atoms with Crippen LogP contribution in [0.25, 0.3) is 10.8 Å². The standard InChI is InChI=1S/C19H17NO/c21-19(15-7-2-1-3-8-15)13-20-12-17-16-9-5-4-6-14(16)10-11-18(17)19/h1-11,20-21H,12-13H2. The van der Waals surface area contributed by atoms with E-state index in [4.69, 9.17) is 0 Å². The zero-order valence-electron chi connectivity index (χ0n) is 11.7. The molecule has 3 aromatic carbocycles. The van der Waals surface area contributed by atoms with E-state index in [-0.39, 0.29) is 0 Å². The van der Waals surface area contributed by atoms with Gasteiger partial charge in [0.05, 0.1) is 0 Å². The minimum atomic E-state index is -0.959. The second-order valence-electron chi connectivity index (χ2n) is 5.64. The van der Waals surface area contributed by atoms with E-state index < -0.39 is 5.60 Å². The fourth-order valence-corrected chi connectivity index (χ4v) is 3.35. The molecule has 0 spiro atoms. The zero-order chi connectivity index (χ0) is 14.3. The summed E-state index contributed by atoms with van der Waals surface area (Å²) in [6.45, 7) is 1.34. The van der Waals surface area contributed by atoms with E-state index >= 15 is 0 Å². The predicted octanol–water partition coefficient (Wildman–Crippen LogP) is 3.18. The van der Waals surface area contributed by atoms with E-state index in [1.807, 2.05) is 36.4 Å². The van der Waals surface area contributed by atoms with Crippen LogP contribution in [0.15, 0.2) is 66.7 Å². The number of hydrogen-bond acceptors (Lipinski definition) is 2. The maximum Gasteiger partial charge on any atom is 0.127 e. The van der Waals surface area contributed by atoms with Gasteiger partial charge in [-0.2, -0.15) is 0 Å². The van der Waals surface area contributed by atoms with Crippen LogP contribution in [0.4, 0.5) is 0 Å². The normalized spacial score (nSPS) is 21.2. The quantitative estimate of drug-likeness (QED) is 0.715. The third-order valence-corrected chi connectivity index (χ3v) is 4.42. The molecule has 1 heterocycles. The van der Waals surface area contributed by atoms with Gasteiger partial charge in [0.1, 0.15) is 5.60 Å². The lowest BCUT2D eigenvalue weighted by Crippen LogP contribution is -2.44. The van der Waals surface area contributed by atoms with Gasteiger partial charge in [0.2, 0.25) is 0 Å². The highest BCUT2D eigenvalue weighted by atomic mass is 16.3. The second kappa shape index (κ2) is 4.69. The van der Waals surface area contributed by atoms with Gasteiger partial charge in [-0.15, -0.1) is 0 Å². The largest absolute Gasteiger partial charge is 0.379 e. The number of benzene rings is 3. The summed E-state index contributed by atoms with van der Waals surface area (Å²) < 4.78 is 0. The van der Waals surface area contributed by atoms with Gasteiger partial charge < -0.3 is 10.4 Å². The molecule has 0 bridgehead atoms. The fourth-order valence-electron chi connectivity index (χ4n) is 3.35. The minimum absolute atomic E-state index is 0.544. The average molecular weight is 275 g/mol. The molecule has 2 N–H and O–H groups in total. The number of rotatable bonds is 1. The maximum absolute atomic E-state index is 11.3. The molecule has 0 fully saturated rings. The zero-order valence-corrected chi connectivity index (χ0v) is 11.7. The lowest BCUT2D eigenvalue weighted by molar-refractivity contribution is 0.0718. The fraction of sp³-hybridized carbons (Fsp3) is 0.158. The monoisotopic (exact) mass is 275 g/mol. The Labute approximate surface area is 124 Å². The molecular weight excluding hydrogens is 258 g/mol. The summed E-state index contributed by atoms with van der Waals surface area (Å²) in [7, 11) is 0. The Morgan fingerprint density at radius 3 is 2.48 bits per heavy atom. The molecule has 1 aliphatic rings. The van der Waals surface area contributed by atoms with Crippen LogP contribution in [0.1, 0.15) is 16.7 Å². The molecule has 0 saturated heterocycles. The van der Waals surface area contributed by atoms with Crippen LogP contribution in [-0.4, -0.2) is 11.7 Å². The summed E-state index contributed by atoms with van der Waals surface area (Å²) in [4.78, 5) is 0. The van der Waals surface area contributed by atoms with E-state index in [1.54, 1.807) is 0 Å². The van der Waals surface area contributed by atoms with E-state index in [2.05, 4.69) is 35.6 Å². The van der Waals surface area contributed by atoms with Crippen molar-refractivity contribution < 1.29 is 5.11 Å². The number of β-amino-alcohol motifs (C(OH)–C–C–N with tert-alkyl or cyclic N) is 1. The van der Waals surface area contributed by atoms with E-state index in [9.17, 15) is 5.11 Å². The average Bonchev–Trinajstić information content (AvgIpc) is 2.56. The van der Waals surface area contributed by atoms with Crippen molar-refractivity contribution in [1.29, 1.82) is 0 Å². The third kappa shape index (κ3) is 1.88. The number of aliphatic hydroxyl groups is 1. The van der Waals surface area contributed by atoms with Gasteiger partial charge in [0, 0.05) is 13.1 Å². The molecule has 0 amide bonds. The van der Waals surface area contributed by atoms with Crippen molar-refractivity contribution in [3.8, 4) is 0 Å². The second-order valence-corrected chi connectivity index (χ2v) is 5.64. The first kappa shape index (κ1) is 12.6. The van der Waals surface area contributed by atoms with Crippen molar-refractivity contribution in [3.05, 3.63) is 83.4 Å². The molecule has 0 aromatic heterocycles. The van der Waals surface area contributed by atoms with Crippen LogP contribution in [0, 0.1) is 0 Å².